The van der Waals surface area contributed by atoms with Crippen LogP contribution in [0.4, 0.5) is 6.01 Å². The lowest BCUT2D eigenvalue weighted by molar-refractivity contribution is 0.0519. The van der Waals surface area contributed by atoms with Gasteiger partial charge in [0.05, 0.1) is 12.7 Å². The van der Waals surface area contributed by atoms with E-state index in [2.05, 4.69) is 38.8 Å². The van der Waals surface area contributed by atoms with Gasteiger partial charge in [0, 0.05) is 13.1 Å². The van der Waals surface area contributed by atoms with Gasteiger partial charge in [0.15, 0.2) is 14.0 Å². The highest BCUT2D eigenvalue weighted by atomic mass is 28.4. The summed E-state index contributed by atoms with van der Waals surface area (Å²) in [5.41, 5.74) is 0.218. The van der Waals surface area contributed by atoms with E-state index in [0.29, 0.717) is 12.6 Å². The molecule has 2 rings (SSSR count). The van der Waals surface area contributed by atoms with Crippen LogP contribution in [0.2, 0.25) is 18.1 Å². The van der Waals surface area contributed by atoms with Crippen molar-refractivity contribution in [3.8, 4) is 0 Å². The number of aromatic nitrogens is 1. The molecule has 0 amide bonds. The molecule has 0 radical (unpaired) electrons. The predicted octanol–water partition coefficient (Wildman–Crippen LogP) is 3.45. The van der Waals surface area contributed by atoms with Crippen molar-refractivity contribution in [2.45, 2.75) is 58.4 Å². The van der Waals surface area contributed by atoms with Gasteiger partial charge in [-0.15, -0.1) is 0 Å². The Bertz CT molecular complexity index is 551. The normalized spacial score (nSPS) is 19.2. The Hall–Kier alpha value is -1.34. The van der Waals surface area contributed by atoms with Gasteiger partial charge in [-0.25, -0.2) is 4.79 Å². The van der Waals surface area contributed by atoms with Crippen molar-refractivity contribution in [2.24, 2.45) is 0 Å². The number of hydrogen-bond acceptors (Lipinski definition) is 6. The van der Waals surface area contributed by atoms with Crippen LogP contribution in [0.25, 0.3) is 0 Å². The maximum Gasteiger partial charge on any atom is 0.360 e. The molecule has 0 saturated carbocycles. The van der Waals surface area contributed by atoms with Gasteiger partial charge in [-0.05, 0) is 31.5 Å². The van der Waals surface area contributed by atoms with Crippen LogP contribution in [0.15, 0.2) is 10.7 Å². The Morgan fingerprint density at radius 1 is 1.48 bits per heavy atom. The van der Waals surface area contributed by atoms with E-state index in [1.54, 1.807) is 6.92 Å². The number of nitrogens with zero attached hydrogens (tertiary/aromatic N) is 2. The third-order valence-electron chi connectivity index (χ3n) is 4.66. The molecule has 0 N–H and O–H groups in total. The lowest BCUT2D eigenvalue weighted by Crippen LogP contribution is -2.44. The van der Waals surface area contributed by atoms with Gasteiger partial charge in [-0.1, -0.05) is 20.8 Å². The molecule has 1 aromatic rings. The smallest absolute Gasteiger partial charge is 0.360 e. The van der Waals surface area contributed by atoms with Crippen molar-refractivity contribution < 1.29 is 18.4 Å². The minimum Gasteiger partial charge on any atom is -0.461 e. The number of oxazole rings is 1. The maximum atomic E-state index is 11.7. The number of hydrogen-bond donors (Lipinski definition) is 0. The summed E-state index contributed by atoms with van der Waals surface area (Å²) in [6.45, 7) is 14.9. The largest absolute Gasteiger partial charge is 0.461 e. The van der Waals surface area contributed by atoms with Gasteiger partial charge in [0.25, 0.3) is 6.01 Å². The Morgan fingerprint density at radius 2 is 2.17 bits per heavy atom. The highest BCUT2D eigenvalue weighted by Crippen LogP contribution is 2.38. The minimum absolute atomic E-state index is 0.189. The maximum absolute atomic E-state index is 11.7. The zero-order valence-corrected chi connectivity index (χ0v) is 16.0. The standard InChI is InChI=1S/C16H28N2O4Si/c1-7-20-14(19)13-11-21-15(17-13)18-9-8-12(10-18)22-23(5,6)16(2,3)4/h11-12H,7-10H2,1-6H3/t12-/m0/s1. The summed E-state index contributed by atoms with van der Waals surface area (Å²) in [6.07, 6.45) is 2.49. The van der Waals surface area contributed by atoms with Crippen LogP contribution in [-0.2, 0) is 9.16 Å². The van der Waals surface area contributed by atoms with Crippen LogP contribution in [0.5, 0.6) is 0 Å². The third-order valence-corrected chi connectivity index (χ3v) is 9.19. The molecule has 1 aliphatic heterocycles. The first-order valence-corrected chi connectivity index (χ1v) is 11.1. The molecular formula is C16H28N2O4Si. The summed E-state index contributed by atoms with van der Waals surface area (Å²) >= 11 is 0. The van der Waals surface area contributed by atoms with Crippen molar-refractivity contribution >= 4 is 20.3 Å². The molecule has 1 aromatic heterocycles. The average Bonchev–Trinajstić information content (AvgIpc) is 3.05. The summed E-state index contributed by atoms with van der Waals surface area (Å²) in [6, 6.07) is 0.467. The Labute approximate surface area is 139 Å². The highest BCUT2D eigenvalue weighted by molar-refractivity contribution is 6.74. The monoisotopic (exact) mass is 340 g/mol. The van der Waals surface area contributed by atoms with E-state index in [1.165, 1.54) is 6.26 Å². The van der Waals surface area contributed by atoms with E-state index < -0.39 is 14.3 Å². The molecule has 2 heterocycles. The molecular weight excluding hydrogens is 312 g/mol. The molecule has 0 aromatic carbocycles. The van der Waals surface area contributed by atoms with Gasteiger partial charge in [-0.3, -0.25) is 0 Å². The molecule has 0 bridgehead atoms. The fraction of sp³-hybridized carbons (Fsp3) is 0.750. The number of rotatable bonds is 5. The first kappa shape index (κ1) is 18.0. The molecule has 0 unspecified atom stereocenters. The topological polar surface area (TPSA) is 64.8 Å². The molecule has 130 valence electrons. The summed E-state index contributed by atoms with van der Waals surface area (Å²) in [4.78, 5) is 17.9. The Balaban J connectivity index is 1.97. The van der Waals surface area contributed by atoms with Gasteiger partial charge >= 0.3 is 5.97 Å². The molecule has 1 saturated heterocycles. The van der Waals surface area contributed by atoms with Crippen molar-refractivity contribution in [3.63, 3.8) is 0 Å². The SMILES string of the molecule is CCOC(=O)c1coc(N2CC[C@H](O[Si](C)(C)C(C)(C)C)C2)n1. The molecule has 6 nitrogen and oxygen atoms in total. The summed E-state index contributed by atoms with van der Waals surface area (Å²) < 4.78 is 16.8. The zero-order valence-electron chi connectivity index (χ0n) is 15.0. The summed E-state index contributed by atoms with van der Waals surface area (Å²) in [5, 5.41) is 0.195. The first-order chi connectivity index (χ1) is 10.6. The zero-order chi connectivity index (χ0) is 17.3. The Kier molecular flexibility index (Phi) is 5.20. The molecule has 7 heteroatoms. The van der Waals surface area contributed by atoms with Crippen LogP contribution < -0.4 is 4.90 Å². The quantitative estimate of drug-likeness (QED) is 0.604. The van der Waals surface area contributed by atoms with Crippen LogP contribution in [0.1, 0.15) is 44.6 Å². The molecule has 1 fully saturated rings. The molecule has 0 spiro atoms. The van der Waals surface area contributed by atoms with E-state index >= 15 is 0 Å². The second-order valence-electron chi connectivity index (χ2n) is 7.47. The molecule has 1 atom stereocenters. The fourth-order valence-corrected chi connectivity index (χ4v) is 3.68. The van der Waals surface area contributed by atoms with Crippen LogP contribution in [-0.4, -0.2) is 45.1 Å². The first-order valence-electron chi connectivity index (χ1n) is 8.19. The highest BCUT2D eigenvalue weighted by Gasteiger charge is 2.41. The fourth-order valence-electron chi connectivity index (χ4n) is 2.30. The van der Waals surface area contributed by atoms with Crippen molar-refractivity contribution in [3.05, 3.63) is 12.0 Å². The number of anilines is 1. The summed E-state index contributed by atoms with van der Waals surface area (Å²) in [5.74, 6) is -0.448. The van der Waals surface area contributed by atoms with Crippen molar-refractivity contribution in [1.82, 2.24) is 4.98 Å². The lowest BCUT2D eigenvalue weighted by Gasteiger charge is -2.38. The second-order valence-corrected chi connectivity index (χ2v) is 12.2. The van der Waals surface area contributed by atoms with Crippen LogP contribution in [0.3, 0.4) is 0 Å². The van der Waals surface area contributed by atoms with Gasteiger partial charge < -0.3 is 18.5 Å². The van der Waals surface area contributed by atoms with Gasteiger partial charge in [-0.2, -0.15) is 4.98 Å². The molecule has 0 aliphatic carbocycles. The van der Waals surface area contributed by atoms with Gasteiger partial charge in [0.1, 0.15) is 6.26 Å². The second kappa shape index (κ2) is 6.65. The minimum atomic E-state index is -1.78. The Morgan fingerprint density at radius 3 is 2.78 bits per heavy atom. The number of carbonyl (C=O) groups excluding carboxylic acids is 1. The van der Waals surface area contributed by atoms with E-state index in [9.17, 15) is 4.79 Å². The van der Waals surface area contributed by atoms with Crippen LogP contribution in [0, 0.1) is 0 Å². The predicted molar refractivity (Wildman–Crippen MR) is 91.4 cm³/mol. The third kappa shape index (κ3) is 4.14. The van der Waals surface area contributed by atoms with Crippen LogP contribution >= 0.6 is 0 Å². The lowest BCUT2D eigenvalue weighted by atomic mass is 10.2. The van der Waals surface area contributed by atoms with E-state index in [0.717, 1.165) is 19.5 Å². The van der Waals surface area contributed by atoms with Crippen molar-refractivity contribution in [1.29, 1.82) is 0 Å². The average molecular weight is 340 g/mol. The molecule has 23 heavy (non-hydrogen) atoms. The van der Waals surface area contributed by atoms with Crippen molar-refractivity contribution in [2.75, 3.05) is 24.6 Å². The van der Waals surface area contributed by atoms with Gasteiger partial charge in [0.2, 0.25) is 0 Å². The number of ether oxygens (including phenoxy) is 1. The number of carbonyl (C=O) groups is 1. The van der Waals surface area contributed by atoms with E-state index in [4.69, 9.17) is 13.6 Å². The van der Waals surface area contributed by atoms with E-state index in [-0.39, 0.29) is 16.8 Å². The number of esters is 1. The van der Waals surface area contributed by atoms with E-state index in [1.807, 2.05) is 4.90 Å². The molecule has 1 aliphatic rings. The summed E-state index contributed by atoms with van der Waals surface area (Å²) in [7, 11) is -1.78.